The molecule has 2 unspecified atom stereocenters. The van der Waals surface area contributed by atoms with Crippen LogP contribution in [0.1, 0.15) is 39.5 Å². The van der Waals surface area contributed by atoms with Crippen molar-refractivity contribution in [2.24, 2.45) is 11.3 Å². The zero-order valence-electron chi connectivity index (χ0n) is 10.2. The topological polar surface area (TPSA) is 90.2 Å². The number of amides is 1. The summed E-state index contributed by atoms with van der Waals surface area (Å²) in [6.45, 7) is 3.19. The van der Waals surface area contributed by atoms with E-state index in [4.69, 9.17) is 10.4 Å². The van der Waals surface area contributed by atoms with Gasteiger partial charge in [-0.05, 0) is 26.7 Å². The van der Waals surface area contributed by atoms with Crippen molar-refractivity contribution in [3.63, 3.8) is 0 Å². The average molecular weight is 238 g/mol. The van der Waals surface area contributed by atoms with Crippen LogP contribution >= 0.6 is 0 Å². The highest BCUT2D eigenvalue weighted by molar-refractivity contribution is 5.86. The number of hydrogen-bond acceptors (Lipinski definition) is 3. The van der Waals surface area contributed by atoms with Crippen LogP contribution in [0.25, 0.3) is 0 Å². The number of carbonyl (C=O) groups is 2. The van der Waals surface area contributed by atoms with E-state index >= 15 is 0 Å². The first-order chi connectivity index (χ1) is 7.93. The van der Waals surface area contributed by atoms with Crippen molar-refractivity contribution in [2.75, 3.05) is 0 Å². The van der Waals surface area contributed by atoms with E-state index in [-0.39, 0.29) is 5.91 Å². The fourth-order valence-corrected chi connectivity index (χ4v) is 2.05. The summed E-state index contributed by atoms with van der Waals surface area (Å²) >= 11 is 0. The number of carbonyl (C=O) groups excluding carboxylic acids is 1. The molecule has 0 aromatic carbocycles. The van der Waals surface area contributed by atoms with Crippen molar-refractivity contribution in [2.45, 2.75) is 45.6 Å². The van der Waals surface area contributed by atoms with Gasteiger partial charge in [0.2, 0.25) is 5.91 Å². The minimum atomic E-state index is -0.949. The Hall–Kier alpha value is -1.57. The second kappa shape index (κ2) is 5.17. The van der Waals surface area contributed by atoms with Crippen molar-refractivity contribution in [1.29, 1.82) is 5.26 Å². The fraction of sp³-hybridized carbons (Fsp3) is 0.750. The van der Waals surface area contributed by atoms with E-state index in [1.165, 1.54) is 0 Å². The standard InChI is InChI=1S/C12H18N2O3/c1-8(10(15)16)9(2)14-11(17)12(7-13)5-3-4-6-12/h8-9H,3-6H2,1-2H3,(H,14,17)(H,15,16). The Kier molecular flexibility index (Phi) is 4.11. The highest BCUT2D eigenvalue weighted by Gasteiger charge is 2.42. The molecular formula is C12H18N2O3. The molecule has 0 saturated heterocycles. The first kappa shape index (κ1) is 13.5. The lowest BCUT2D eigenvalue weighted by Gasteiger charge is -2.24. The summed E-state index contributed by atoms with van der Waals surface area (Å²) in [6.07, 6.45) is 2.90. The Balaban J connectivity index is 2.66. The van der Waals surface area contributed by atoms with Crippen LogP contribution in [0.5, 0.6) is 0 Å². The van der Waals surface area contributed by atoms with Gasteiger partial charge in [0.05, 0.1) is 12.0 Å². The number of carboxylic acids is 1. The summed E-state index contributed by atoms with van der Waals surface area (Å²) in [7, 11) is 0. The molecule has 0 heterocycles. The Morgan fingerprint density at radius 3 is 2.29 bits per heavy atom. The van der Waals surface area contributed by atoms with Gasteiger partial charge in [0, 0.05) is 6.04 Å². The Morgan fingerprint density at radius 1 is 1.35 bits per heavy atom. The van der Waals surface area contributed by atoms with E-state index in [0.29, 0.717) is 12.8 Å². The molecule has 1 rings (SSSR count). The van der Waals surface area contributed by atoms with E-state index in [1.54, 1.807) is 13.8 Å². The third-order valence-electron chi connectivity index (χ3n) is 3.60. The van der Waals surface area contributed by atoms with E-state index in [1.807, 2.05) is 0 Å². The van der Waals surface area contributed by atoms with E-state index in [0.717, 1.165) is 12.8 Å². The smallest absolute Gasteiger partial charge is 0.308 e. The number of carboxylic acid groups (broad SMARTS) is 1. The molecule has 17 heavy (non-hydrogen) atoms. The quantitative estimate of drug-likeness (QED) is 0.772. The van der Waals surface area contributed by atoms with Crippen molar-refractivity contribution in [3.05, 3.63) is 0 Å². The average Bonchev–Trinajstić information content (AvgIpc) is 2.77. The first-order valence-corrected chi connectivity index (χ1v) is 5.88. The minimum absolute atomic E-state index is 0.321. The van der Waals surface area contributed by atoms with Gasteiger partial charge in [-0.25, -0.2) is 0 Å². The van der Waals surface area contributed by atoms with Crippen LogP contribution < -0.4 is 5.32 Å². The molecule has 1 aliphatic rings. The molecule has 0 aromatic rings. The summed E-state index contributed by atoms with van der Waals surface area (Å²) < 4.78 is 0. The van der Waals surface area contributed by atoms with Gasteiger partial charge in [-0.3, -0.25) is 9.59 Å². The maximum Gasteiger partial charge on any atom is 0.308 e. The molecule has 0 spiro atoms. The second-order valence-corrected chi connectivity index (χ2v) is 4.79. The number of nitriles is 1. The molecule has 0 aromatic heterocycles. The number of aliphatic carboxylic acids is 1. The summed E-state index contributed by atoms with van der Waals surface area (Å²) in [6, 6.07) is 1.62. The maximum atomic E-state index is 12.0. The number of hydrogen-bond donors (Lipinski definition) is 2. The lowest BCUT2D eigenvalue weighted by atomic mass is 9.86. The highest BCUT2D eigenvalue weighted by atomic mass is 16.4. The Labute approximate surface area is 101 Å². The third kappa shape index (κ3) is 2.76. The van der Waals surface area contributed by atoms with Crippen LogP contribution in [0.15, 0.2) is 0 Å². The lowest BCUT2D eigenvalue weighted by Crippen LogP contribution is -2.46. The molecule has 94 valence electrons. The second-order valence-electron chi connectivity index (χ2n) is 4.79. The monoisotopic (exact) mass is 238 g/mol. The van der Waals surface area contributed by atoms with Crippen molar-refractivity contribution in [1.82, 2.24) is 5.32 Å². The van der Waals surface area contributed by atoms with Gasteiger partial charge in [0.1, 0.15) is 5.41 Å². The molecule has 0 bridgehead atoms. The summed E-state index contributed by atoms with van der Waals surface area (Å²) in [4.78, 5) is 22.8. The van der Waals surface area contributed by atoms with Gasteiger partial charge in [0.15, 0.2) is 0 Å². The van der Waals surface area contributed by atoms with Gasteiger partial charge in [-0.15, -0.1) is 0 Å². The molecule has 2 atom stereocenters. The molecular weight excluding hydrogens is 220 g/mol. The van der Waals surface area contributed by atoms with E-state index in [2.05, 4.69) is 11.4 Å². The summed E-state index contributed by atoms with van der Waals surface area (Å²) in [5, 5.41) is 20.6. The predicted molar refractivity (Wildman–Crippen MR) is 60.9 cm³/mol. The van der Waals surface area contributed by atoms with Gasteiger partial charge in [0.25, 0.3) is 0 Å². The zero-order valence-corrected chi connectivity index (χ0v) is 10.2. The predicted octanol–water partition coefficient (Wildman–Crippen LogP) is 1.30. The molecule has 5 heteroatoms. The van der Waals surface area contributed by atoms with Crippen molar-refractivity contribution < 1.29 is 14.7 Å². The van der Waals surface area contributed by atoms with E-state index in [9.17, 15) is 9.59 Å². The molecule has 1 fully saturated rings. The molecule has 1 amide bonds. The van der Waals surface area contributed by atoms with Crippen LogP contribution in [0.3, 0.4) is 0 Å². The molecule has 5 nitrogen and oxygen atoms in total. The van der Waals surface area contributed by atoms with Gasteiger partial charge in [-0.1, -0.05) is 12.8 Å². The largest absolute Gasteiger partial charge is 0.481 e. The normalized spacial score (nSPS) is 21.2. The molecule has 2 N–H and O–H groups in total. The number of rotatable bonds is 4. The molecule has 0 radical (unpaired) electrons. The van der Waals surface area contributed by atoms with Crippen LogP contribution in [0.2, 0.25) is 0 Å². The summed E-state index contributed by atoms with van der Waals surface area (Å²) in [5.41, 5.74) is -0.938. The van der Waals surface area contributed by atoms with Crippen LogP contribution in [0.4, 0.5) is 0 Å². The fourth-order valence-electron chi connectivity index (χ4n) is 2.05. The van der Waals surface area contributed by atoms with Gasteiger partial charge >= 0.3 is 5.97 Å². The van der Waals surface area contributed by atoms with E-state index < -0.39 is 23.3 Å². The maximum absolute atomic E-state index is 12.0. The molecule has 1 aliphatic carbocycles. The zero-order chi connectivity index (χ0) is 13.1. The lowest BCUT2D eigenvalue weighted by molar-refractivity contribution is -0.142. The van der Waals surface area contributed by atoms with Crippen molar-refractivity contribution >= 4 is 11.9 Å². The summed E-state index contributed by atoms with van der Waals surface area (Å²) in [5.74, 6) is -1.93. The molecule has 0 aliphatic heterocycles. The van der Waals surface area contributed by atoms with Crippen LogP contribution in [0, 0.1) is 22.7 Å². The van der Waals surface area contributed by atoms with Crippen LogP contribution in [-0.2, 0) is 9.59 Å². The van der Waals surface area contributed by atoms with Crippen LogP contribution in [-0.4, -0.2) is 23.0 Å². The Bertz CT molecular complexity index is 353. The molecule has 1 saturated carbocycles. The van der Waals surface area contributed by atoms with Gasteiger partial charge < -0.3 is 10.4 Å². The number of nitrogens with one attached hydrogen (secondary N) is 1. The number of nitrogens with zero attached hydrogens (tertiary/aromatic N) is 1. The minimum Gasteiger partial charge on any atom is -0.481 e. The highest BCUT2D eigenvalue weighted by Crippen LogP contribution is 2.37. The SMILES string of the molecule is CC(NC(=O)C1(C#N)CCCC1)C(C)C(=O)O. The third-order valence-corrected chi connectivity index (χ3v) is 3.60. The first-order valence-electron chi connectivity index (χ1n) is 5.88. The van der Waals surface area contributed by atoms with Gasteiger partial charge in [-0.2, -0.15) is 5.26 Å². The Morgan fingerprint density at radius 2 is 1.88 bits per heavy atom. The van der Waals surface area contributed by atoms with Crippen molar-refractivity contribution in [3.8, 4) is 6.07 Å².